The van der Waals surface area contributed by atoms with Gasteiger partial charge in [0.15, 0.2) is 11.5 Å². The van der Waals surface area contributed by atoms with Gasteiger partial charge in [0.05, 0.1) is 6.10 Å². The Morgan fingerprint density at radius 3 is 2.96 bits per heavy atom. The van der Waals surface area contributed by atoms with Gasteiger partial charge in [-0.25, -0.2) is 0 Å². The average molecular weight is 364 g/mol. The number of amides is 1. The summed E-state index contributed by atoms with van der Waals surface area (Å²) in [5.74, 6) is 1.10. The van der Waals surface area contributed by atoms with Crippen LogP contribution in [0.5, 0.6) is 11.5 Å². The van der Waals surface area contributed by atoms with Crippen LogP contribution in [-0.4, -0.2) is 28.9 Å². The molecule has 1 aliphatic rings. The summed E-state index contributed by atoms with van der Waals surface area (Å²) >= 11 is 0. The fourth-order valence-electron chi connectivity index (χ4n) is 3.19. The maximum absolute atomic E-state index is 12.1. The van der Waals surface area contributed by atoms with Crippen molar-refractivity contribution in [2.75, 3.05) is 13.3 Å². The third-order valence-corrected chi connectivity index (χ3v) is 4.58. The monoisotopic (exact) mass is 364 g/mol. The number of fused-ring (bicyclic) bond motifs is 2. The molecule has 3 aromatic rings. The van der Waals surface area contributed by atoms with E-state index < -0.39 is 6.10 Å². The number of rotatable bonds is 5. The molecule has 2 N–H and O–H groups in total. The number of benzene rings is 2. The minimum Gasteiger partial charge on any atom is -0.454 e. The lowest BCUT2D eigenvalue weighted by Gasteiger charge is -2.10. The third-order valence-electron chi connectivity index (χ3n) is 4.58. The highest BCUT2D eigenvalue weighted by Crippen LogP contribution is 2.32. The first kappa shape index (κ1) is 17.2. The fraction of sp³-hybridized carbons (Fsp3) is 0.190. The van der Waals surface area contributed by atoms with E-state index >= 15 is 0 Å². The average Bonchev–Trinajstić information content (AvgIpc) is 3.29. The van der Waals surface area contributed by atoms with Gasteiger partial charge in [-0.05, 0) is 29.8 Å². The second kappa shape index (κ2) is 7.17. The first-order valence-corrected chi connectivity index (χ1v) is 8.69. The lowest BCUT2D eigenvalue weighted by atomic mass is 10.1. The van der Waals surface area contributed by atoms with Gasteiger partial charge in [0.25, 0.3) is 0 Å². The van der Waals surface area contributed by atoms with Gasteiger partial charge in [-0.3, -0.25) is 4.79 Å². The molecular formula is C21H20N2O4. The van der Waals surface area contributed by atoms with Crippen molar-refractivity contribution in [1.82, 2.24) is 9.88 Å². The Bertz CT molecular complexity index is 1020. The maximum Gasteiger partial charge on any atom is 0.244 e. The van der Waals surface area contributed by atoms with Crippen LogP contribution in [0.2, 0.25) is 0 Å². The van der Waals surface area contributed by atoms with Crippen LogP contribution < -0.4 is 14.8 Å². The topological polar surface area (TPSA) is 72.7 Å². The minimum atomic E-state index is -0.779. The number of aryl methyl sites for hydroxylation is 1. The van der Waals surface area contributed by atoms with E-state index in [1.165, 1.54) is 6.08 Å². The van der Waals surface area contributed by atoms with Gasteiger partial charge in [-0.15, -0.1) is 0 Å². The molecule has 6 nitrogen and oxygen atoms in total. The summed E-state index contributed by atoms with van der Waals surface area (Å²) in [6, 6.07) is 13.3. The Morgan fingerprint density at radius 2 is 2.07 bits per heavy atom. The summed E-state index contributed by atoms with van der Waals surface area (Å²) in [6.07, 6.45) is 4.25. The zero-order chi connectivity index (χ0) is 18.8. The van der Waals surface area contributed by atoms with Crippen molar-refractivity contribution < 1.29 is 19.4 Å². The number of aromatic nitrogens is 1. The molecule has 1 aromatic heterocycles. The number of aliphatic hydroxyl groups excluding tert-OH is 1. The predicted octanol–water partition coefficient (Wildman–Crippen LogP) is 2.77. The quantitative estimate of drug-likeness (QED) is 0.683. The van der Waals surface area contributed by atoms with Gasteiger partial charge < -0.3 is 24.5 Å². The van der Waals surface area contributed by atoms with E-state index in [0.717, 1.165) is 22.0 Å². The summed E-state index contributed by atoms with van der Waals surface area (Å²) < 4.78 is 12.5. The van der Waals surface area contributed by atoms with Gasteiger partial charge >= 0.3 is 0 Å². The lowest BCUT2D eigenvalue weighted by Crippen LogP contribution is -2.26. The van der Waals surface area contributed by atoms with E-state index in [2.05, 4.69) is 5.32 Å². The molecule has 2 aromatic carbocycles. The first-order chi connectivity index (χ1) is 13.1. The van der Waals surface area contributed by atoms with Gasteiger partial charge in [0, 0.05) is 42.3 Å². The van der Waals surface area contributed by atoms with Crippen LogP contribution in [0.3, 0.4) is 0 Å². The van der Waals surface area contributed by atoms with Crippen LogP contribution in [0.1, 0.15) is 17.2 Å². The van der Waals surface area contributed by atoms with Crippen LogP contribution >= 0.6 is 0 Å². The Morgan fingerprint density at radius 1 is 1.26 bits per heavy atom. The van der Waals surface area contributed by atoms with Crippen molar-refractivity contribution in [2.45, 2.75) is 6.10 Å². The molecule has 0 spiro atoms. The molecule has 0 aliphatic carbocycles. The molecule has 1 amide bonds. The standard InChI is InChI=1S/C21H20N2O4/c1-23-12-16(15-4-2-3-5-17(15)23)18(24)11-22-21(25)9-7-14-6-8-19-20(10-14)27-13-26-19/h2-10,12,18,24H,11,13H2,1H3,(H,22,25)/b9-7+. The van der Waals surface area contributed by atoms with Crippen molar-refractivity contribution in [1.29, 1.82) is 0 Å². The number of hydrogen-bond acceptors (Lipinski definition) is 4. The van der Waals surface area contributed by atoms with Gasteiger partial charge in [0.1, 0.15) is 0 Å². The van der Waals surface area contributed by atoms with Crippen molar-refractivity contribution in [3.8, 4) is 11.5 Å². The summed E-state index contributed by atoms with van der Waals surface area (Å²) in [5, 5.41) is 14.2. The normalized spacial score (nSPS) is 14.0. The molecule has 0 saturated heterocycles. The van der Waals surface area contributed by atoms with E-state index in [0.29, 0.717) is 11.5 Å². The molecule has 6 heteroatoms. The summed E-state index contributed by atoms with van der Waals surface area (Å²) in [6.45, 7) is 0.355. The Labute approximate surface area is 156 Å². The van der Waals surface area contributed by atoms with E-state index in [-0.39, 0.29) is 19.2 Å². The number of para-hydroxylation sites is 1. The highest BCUT2D eigenvalue weighted by atomic mass is 16.7. The number of ether oxygens (including phenoxy) is 2. The number of hydrogen-bond donors (Lipinski definition) is 2. The third kappa shape index (κ3) is 3.52. The first-order valence-electron chi connectivity index (χ1n) is 8.69. The fourth-order valence-corrected chi connectivity index (χ4v) is 3.19. The molecule has 138 valence electrons. The molecule has 0 saturated carbocycles. The van der Waals surface area contributed by atoms with Crippen molar-refractivity contribution in [3.05, 3.63) is 65.9 Å². The molecule has 27 heavy (non-hydrogen) atoms. The molecule has 0 bridgehead atoms. The van der Waals surface area contributed by atoms with Crippen LogP contribution in [0, 0.1) is 0 Å². The van der Waals surface area contributed by atoms with E-state index in [9.17, 15) is 9.90 Å². The highest BCUT2D eigenvalue weighted by molar-refractivity contribution is 5.92. The van der Waals surface area contributed by atoms with E-state index in [4.69, 9.17) is 9.47 Å². The molecule has 4 rings (SSSR count). The molecule has 1 atom stereocenters. The summed E-state index contributed by atoms with van der Waals surface area (Å²) in [4.78, 5) is 12.1. The zero-order valence-electron chi connectivity index (χ0n) is 14.9. The smallest absolute Gasteiger partial charge is 0.244 e. The van der Waals surface area contributed by atoms with Gasteiger partial charge in [0.2, 0.25) is 12.7 Å². The van der Waals surface area contributed by atoms with Crippen LogP contribution in [0.25, 0.3) is 17.0 Å². The van der Waals surface area contributed by atoms with E-state index in [1.54, 1.807) is 6.08 Å². The SMILES string of the molecule is Cn1cc(C(O)CNC(=O)/C=C/c2ccc3c(c2)OCO3)c2ccccc21. The maximum atomic E-state index is 12.1. The van der Waals surface area contributed by atoms with E-state index in [1.807, 2.05) is 60.3 Å². The Kier molecular flexibility index (Phi) is 4.56. The number of nitrogens with one attached hydrogen (secondary N) is 1. The molecule has 0 fully saturated rings. The zero-order valence-corrected chi connectivity index (χ0v) is 14.9. The molecule has 1 aliphatic heterocycles. The summed E-state index contributed by atoms with van der Waals surface area (Å²) in [5.41, 5.74) is 2.68. The van der Waals surface area contributed by atoms with Gasteiger partial charge in [-0.2, -0.15) is 0 Å². The molecule has 0 radical (unpaired) electrons. The lowest BCUT2D eigenvalue weighted by molar-refractivity contribution is -0.116. The predicted molar refractivity (Wildman–Crippen MR) is 102 cm³/mol. The van der Waals surface area contributed by atoms with Crippen LogP contribution in [-0.2, 0) is 11.8 Å². The number of carbonyl (C=O) groups is 1. The highest BCUT2D eigenvalue weighted by Gasteiger charge is 2.15. The molecule has 2 heterocycles. The second-order valence-corrected chi connectivity index (χ2v) is 6.42. The largest absolute Gasteiger partial charge is 0.454 e. The van der Waals surface area contributed by atoms with Gasteiger partial charge in [-0.1, -0.05) is 24.3 Å². The van der Waals surface area contributed by atoms with Crippen molar-refractivity contribution in [3.63, 3.8) is 0 Å². The number of carbonyl (C=O) groups excluding carboxylic acids is 1. The number of nitrogens with zero attached hydrogens (tertiary/aromatic N) is 1. The minimum absolute atomic E-state index is 0.137. The molecule has 1 unspecified atom stereocenters. The van der Waals surface area contributed by atoms with Crippen LogP contribution in [0.4, 0.5) is 0 Å². The van der Waals surface area contributed by atoms with Crippen LogP contribution in [0.15, 0.2) is 54.7 Å². The Hall–Kier alpha value is -3.25. The summed E-state index contributed by atoms with van der Waals surface area (Å²) in [7, 11) is 1.94. The second-order valence-electron chi connectivity index (χ2n) is 6.42. The molecular weight excluding hydrogens is 344 g/mol. The Balaban J connectivity index is 1.38. The number of aliphatic hydroxyl groups is 1. The van der Waals surface area contributed by atoms with Crippen molar-refractivity contribution in [2.24, 2.45) is 7.05 Å². The van der Waals surface area contributed by atoms with Crippen molar-refractivity contribution >= 4 is 22.9 Å².